The molecule has 3 aliphatic carbocycles. The van der Waals surface area contributed by atoms with Gasteiger partial charge in [0.2, 0.25) is 0 Å². The summed E-state index contributed by atoms with van der Waals surface area (Å²) in [5.41, 5.74) is -2.73. The van der Waals surface area contributed by atoms with Gasteiger partial charge < -0.3 is 37.6 Å². The van der Waals surface area contributed by atoms with Crippen molar-refractivity contribution in [3.63, 3.8) is 0 Å². The summed E-state index contributed by atoms with van der Waals surface area (Å²) >= 11 is 0. The molecule has 1 N–H and O–H groups in total. The maximum atomic E-state index is 14.7. The molecular weight excluding hydrogens is 757 g/mol. The third kappa shape index (κ3) is 6.97. The minimum absolute atomic E-state index is 0.0883. The van der Waals surface area contributed by atoms with E-state index in [0.29, 0.717) is 12.0 Å². The molecule has 2 aliphatic heterocycles. The summed E-state index contributed by atoms with van der Waals surface area (Å²) < 4.78 is 49.5. The molecule has 2 saturated heterocycles. The minimum Gasteiger partial charge on any atom is -0.455 e. The van der Waals surface area contributed by atoms with Gasteiger partial charge in [-0.05, 0) is 80.3 Å². The first kappa shape index (κ1) is 44.6. The van der Waals surface area contributed by atoms with Crippen LogP contribution in [0.25, 0.3) is 0 Å². The molecule has 1 aromatic carbocycles. The lowest BCUT2D eigenvalue weighted by molar-refractivity contribution is -0.361. The zero-order chi connectivity index (χ0) is 42.0. The number of carbonyl (C=O) groups is 2. The molecule has 5 aliphatic rings. The van der Waals surface area contributed by atoms with Gasteiger partial charge in [0.15, 0.2) is 28.0 Å². The standard InChI is InChI=1S/C45H72O10Si2/c1-14-34(46)51-44-28-49-33(44)26-32(55-57(18-5,19-6)20-7)43(13)37(44)39(50-40(47)30-24-22-21-23-25-30)45(48)27-31(54-56(15-2,16-3)17-4)29(8)35(41(45,9)10)36-38(43)53-42(11,12)52-36/h21-25,31-33,36-39,48H,14-20,26-28H2,1-13H3/t31?,32?,33?,36?,37?,38?,39?,43-,44?,45?/m1/s1. The second kappa shape index (κ2) is 15.8. The van der Waals surface area contributed by atoms with Gasteiger partial charge in [0, 0.05) is 30.1 Å². The quantitative estimate of drug-likeness (QED) is 0.111. The van der Waals surface area contributed by atoms with Crippen LogP contribution in [0.4, 0.5) is 0 Å². The van der Waals surface area contributed by atoms with Crippen LogP contribution in [0.2, 0.25) is 36.3 Å². The summed E-state index contributed by atoms with van der Waals surface area (Å²) in [5, 5.41) is 14.2. The van der Waals surface area contributed by atoms with Gasteiger partial charge >= 0.3 is 11.9 Å². The van der Waals surface area contributed by atoms with E-state index in [1.807, 2.05) is 45.9 Å². The van der Waals surface area contributed by atoms with Crippen molar-refractivity contribution < 1.29 is 47.2 Å². The number of rotatable bonds is 14. The summed E-state index contributed by atoms with van der Waals surface area (Å²) in [6.07, 6.45) is -3.18. The first-order valence-electron chi connectivity index (χ1n) is 22.0. The number of fused-ring (bicyclic) bond motifs is 8. The molecule has 0 radical (unpaired) electrons. The van der Waals surface area contributed by atoms with Crippen LogP contribution in [0, 0.1) is 16.7 Å². The number of hydrogen-bond donors (Lipinski definition) is 1. The zero-order valence-electron chi connectivity index (χ0n) is 37.1. The maximum Gasteiger partial charge on any atom is 0.338 e. The summed E-state index contributed by atoms with van der Waals surface area (Å²) in [7, 11) is -4.59. The number of ether oxygens (including phenoxy) is 5. The highest BCUT2D eigenvalue weighted by Crippen LogP contribution is 2.68. The van der Waals surface area contributed by atoms with E-state index in [-0.39, 0.29) is 25.4 Å². The van der Waals surface area contributed by atoms with E-state index in [1.165, 1.54) is 0 Å². The molecule has 2 bridgehead atoms. The highest BCUT2D eigenvalue weighted by molar-refractivity contribution is 6.74. The molecule has 0 spiro atoms. The normalized spacial score (nSPS) is 36.8. The first-order chi connectivity index (χ1) is 26.8. The Bertz CT molecular complexity index is 1660. The fourth-order valence-electron chi connectivity index (χ4n) is 11.7. The molecule has 2 saturated carbocycles. The fraction of sp³-hybridized carbons (Fsp3) is 0.778. The summed E-state index contributed by atoms with van der Waals surface area (Å²) in [5.74, 6) is -2.79. The minimum atomic E-state index is -2.33. The van der Waals surface area contributed by atoms with Crippen molar-refractivity contribution in [2.24, 2.45) is 16.7 Å². The van der Waals surface area contributed by atoms with Crippen molar-refractivity contribution in [3.8, 4) is 0 Å². The Morgan fingerprint density at radius 3 is 1.95 bits per heavy atom. The lowest BCUT2D eigenvalue weighted by Gasteiger charge is -2.70. The van der Waals surface area contributed by atoms with E-state index in [9.17, 15) is 14.7 Å². The molecule has 10 nitrogen and oxygen atoms in total. The van der Waals surface area contributed by atoms with E-state index < -0.39 is 93.0 Å². The summed E-state index contributed by atoms with van der Waals surface area (Å²) in [6, 6.07) is 14.5. The van der Waals surface area contributed by atoms with Gasteiger partial charge in [0.05, 0.1) is 36.4 Å². The van der Waals surface area contributed by atoms with Gasteiger partial charge in [-0.25, -0.2) is 4.79 Å². The van der Waals surface area contributed by atoms with Crippen LogP contribution < -0.4 is 0 Å². The molecule has 57 heavy (non-hydrogen) atoms. The third-order valence-electron chi connectivity index (χ3n) is 15.8. The molecular formula is C45H72O10Si2. The van der Waals surface area contributed by atoms with Crippen molar-refractivity contribution in [1.82, 2.24) is 0 Å². The smallest absolute Gasteiger partial charge is 0.338 e. The maximum absolute atomic E-state index is 14.7. The molecule has 0 aromatic heterocycles. The van der Waals surface area contributed by atoms with Crippen molar-refractivity contribution in [2.75, 3.05) is 6.61 Å². The van der Waals surface area contributed by atoms with E-state index in [2.05, 4.69) is 55.4 Å². The predicted octanol–water partition coefficient (Wildman–Crippen LogP) is 9.12. The Kier molecular flexibility index (Phi) is 12.4. The number of aliphatic hydroxyl groups is 1. The Morgan fingerprint density at radius 1 is 0.842 bits per heavy atom. The van der Waals surface area contributed by atoms with Gasteiger partial charge in [-0.2, -0.15) is 0 Å². The monoisotopic (exact) mass is 828 g/mol. The number of carbonyl (C=O) groups excluding carboxylic acids is 2. The number of benzene rings is 1. The van der Waals surface area contributed by atoms with Crippen molar-refractivity contribution in [1.29, 1.82) is 0 Å². The molecule has 1 aromatic rings. The average molecular weight is 829 g/mol. The van der Waals surface area contributed by atoms with Gasteiger partial charge in [0.25, 0.3) is 0 Å². The molecule has 320 valence electrons. The SMILES string of the molecule is CCC(=O)OC12COC1CC(O[Si](CC)(CC)CC)[C@@]1(C)C3OC(C)(C)OC3C3=C(C)C(O[Si](CC)(CC)CC)CC(O)(C(OC(=O)c4ccccc4)C21)C3(C)C. The highest BCUT2D eigenvalue weighted by Gasteiger charge is 2.80. The molecule has 9 unspecified atom stereocenters. The lowest BCUT2D eigenvalue weighted by atomic mass is 9.44. The van der Waals surface area contributed by atoms with Crippen LogP contribution >= 0.6 is 0 Å². The van der Waals surface area contributed by atoms with Crippen LogP contribution in [0.1, 0.15) is 120 Å². The molecule has 0 amide bonds. The summed E-state index contributed by atoms with van der Waals surface area (Å²) in [6.45, 7) is 27.4. The second-order valence-electron chi connectivity index (χ2n) is 18.9. The fourth-order valence-corrected chi connectivity index (χ4v) is 17.5. The lowest BCUT2D eigenvalue weighted by Crippen LogP contribution is -2.82. The largest absolute Gasteiger partial charge is 0.455 e. The van der Waals surface area contributed by atoms with E-state index in [0.717, 1.165) is 47.4 Å². The number of esters is 2. The Morgan fingerprint density at radius 2 is 1.42 bits per heavy atom. The third-order valence-corrected chi connectivity index (χ3v) is 25.1. The van der Waals surface area contributed by atoms with Gasteiger partial charge in [0.1, 0.15) is 23.9 Å². The number of hydrogen-bond acceptors (Lipinski definition) is 10. The molecule has 2 heterocycles. The van der Waals surface area contributed by atoms with Crippen molar-refractivity contribution in [3.05, 3.63) is 47.0 Å². The molecule has 6 rings (SSSR count). The van der Waals surface area contributed by atoms with Crippen LogP contribution in [0.5, 0.6) is 0 Å². The zero-order valence-corrected chi connectivity index (χ0v) is 39.1. The van der Waals surface area contributed by atoms with E-state index in [1.54, 1.807) is 19.1 Å². The highest BCUT2D eigenvalue weighted by atomic mass is 28.4. The van der Waals surface area contributed by atoms with E-state index >= 15 is 0 Å². The molecule has 10 atom stereocenters. The second-order valence-corrected chi connectivity index (χ2v) is 28.3. The van der Waals surface area contributed by atoms with Crippen LogP contribution in [-0.4, -0.2) is 93.9 Å². The average Bonchev–Trinajstić information content (AvgIpc) is 3.51. The van der Waals surface area contributed by atoms with Gasteiger partial charge in [-0.3, -0.25) is 4.79 Å². The van der Waals surface area contributed by atoms with Gasteiger partial charge in [-0.15, -0.1) is 0 Å². The first-order valence-corrected chi connectivity index (χ1v) is 27.1. The van der Waals surface area contributed by atoms with Crippen molar-refractivity contribution >= 4 is 28.6 Å². The topological polar surface area (TPSA) is 119 Å². The predicted molar refractivity (Wildman–Crippen MR) is 225 cm³/mol. The van der Waals surface area contributed by atoms with Crippen LogP contribution in [0.3, 0.4) is 0 Å². The van der Waals surface area contributed by atoms with Crippen molar-refractivity contribution in [2.45, 2.75) is 199 Å². The summed E-state index contributed by atoms with van der Waals surface area (Å²) in [4.78, 5) is 28.4. The van der Waals surface area contributed by atoms with Crippen LogP contribution in [0.15, 0.2) is 41.5 Å². The Hall–Kier alpha value is -1.91. The van der Waals surface area contributed by atoms with E-state index in [4.69, 9.17) is 32.5 Å². The Balaban J connectivity index is 1.71. The molecule has 12 heteroatoms. The molecule has 4 fully saturated rings. The van der Waals surface area contributed by atoms with Crippen LogP contribution in [-0.2, 0) is 37.3 Å². The Labute approximate surface area is 344 Å². The van der Waals surface area contributed by atoms with Gasteiger partial charge in [-0.1, -0.05) is 87.4 Å².